The fourth-order valence-corrected chi connectivity index (χ4v) is 1.35. The van der Waals surface area contributed by atoms with Gasteiger partial charge in [-0.05, 0) is 39.8 Å². The predicted molar refractivity (Wildman–Crippen MR) is 48.1 cm³/mol. The summed E-state index contributed by atoms with van der Waals surface area (Å²) in [6.07, 6.45) is 2.08. The quantitative estimate of drug-likeness (QED) is 0.654. The maximum Gasteiger partial charge on any atom is 0.0806 e. The number of aliphatic hydroxyl groups is 1. The molecule has 0 spiro atoms. The minimum atomic E-state index is -0.361. The van der Waals surface area contributed by atoms with Crippen LogP contribution in [-0.2, 0) is 4.74 Å². The number of hydrogen-bond acceptors (Lipinski definition) is 3. The number of ether oxygens (including phenoxy) is 1. The van der Waals surface area contributed by atoms with Crippen LogP contribution in [-0.4, -0.2) is 36.5 Å². The highest BCUT2D eigenvalue weighted by molar-refractivity contribution is 4.70. The number of rotatable bonds is 3. The molecule has 3 heteroatoms. The number of nitrogens with one attached hydrogen (secondary N) is 1. The molecule has 2 N–H and O–H groups in total. The number of aliphatic hydroxyl groups excluding tert-OH is 1. The van der Waals surface area contributed by atoms with E-state index < -0.39 is 0 Å². The fraction of sp³-hybridized carbons (Fsp3) is 1.00. The molecule has 0 amide bonds. The molecule has 12 heavy (non-hydrogen) atoms. The minimum absolute atomic E-state index is 0.0342. The minimum Gasteiger partial charge on any atom is -0.391 e. The highest BCUT2D eigenvalue weighted by Crippen LogP contribution is 2.11. The molecule has 3 nitrogen and oxygen atoms in total. The first-order valence-electron chi connectivity index (χ1n) is 4.74. The summed E-state index contributed by atoms with van der Waals surface area (Å²) in [6, 6.07) is 0. The first-order chi connectivity index (χ1) is 5.70. The van der Waals surface area contributed by atoms with E-state index in [2.05, 4.69) is 5.32 Å². The Hall–Kier alpha value is -0.120. The monoisotopic (exact) mass is 173 g/mol. The van der Waals surface area contributed by atoms with Crippen molar-refractivity contribution in [2.45, 2.75) is 45.0 Å². The molecule has 1 rings (SSSR count). The van der Waals surface area contributed by atoms with Crippen molar-refractivity contribution in [2.24, 2.45) is 0 Å². The Morgan fingerprint density at radius 2 is 1.92 bits per heavy atom. The van der Waals surface area contributed by atoms with E-state index in [1.165, 1.54) is 0 Å². The first kappa shape index (κ1) is 9.96. The van der Waals surface area contributed by atoms with Gasteiger partial charge < -0.3 is 15.2 Å². The third-order valence-corrected chi connectivity index (χ3v) is 2.37. The van der Waals surface area contributed by atoms with Gasteiger partial charge in [0.2, 0.25) is 0 Å². The van der Waals surface area contributed by atoms with Gasteiger partial charge in [-0.25, -0.2) is 0 Å². The van der Waals surface area contributed by atoms with Gasteiger partial charge in [-0.1, -0.05) is 0 Å². The van der Waals surface area contributed by atoms with Crippen molar-refractivity contribution in [2.75, 3.05) is 13.1 Å². The number of hydrogen-bond donors (Lipinski definition) is 2. The molecule has 0 aromatic rings. The fourth-order valence-electron chi connectivity index (χ4n) is 1.35. The standard InChI is InChI=1S/C9H19NO2/c1-7(11)8(2)12-9-3-5-10-6-4-9/h7-11H,3-6H2,1-2H3. The lowest BCUT2D eigenvalue weighted by Crippen LogP contribution is -2.36. The van der Waals surface area contributed by atoms with Crippen LogP contribution in [0.1, 0.15) is 26.7 Å². The molecule has 0 aliphatic carbocycles. The molecule has 2 unspecified atom stereocenters. The second kappa shape index (κ2) is 4.80. The zero-order valence-electron chi connectivity index (χ0n) is 7.92. The summed E-state index contributed by atoms with van der Waals surface area (Å²) in [6.45, 7) is 5.77. The lowest BCUT2D eigenvalue weighted by Gasteiger charge is -2.27. The molecule has 0 aromatic heterocycles. The molecule has 0 saturated carbocycles. The zero-order valence-corrected chi connectivity index (χ0v) is 7.92. The summed E-state index contributed by atoms with van der Waals surface area (Å²) < 4.78 is 5.66. The van der Waals surface area contributed by atoms with E-state index in [1.54, 1.807) is 6.92 Å². The van der Waals surface area contributed by atoms with E-state index in [1.807, 2.05) is 6.92 Å². The molecular weight excluding hydrogens is 154 g/mol. The molecule has 1 aliphatic rings. The van der Waals surface area contributed by atoms with Crippen molar-refractivity contribution in [3.8, 4) is 0 Å². The zero-order chi connectivity index (χ0) is 8.97. The van der Waals surface area contributed by atoms with Gasteiger partial charge >= 0.3 is 0 Å². The highest BCUT2D eigenvalue weighted by Gasteiger charge is 2.18. The first-order valence-corrected chi connectivity index (χ1v) is 4.74. The van der Waals surface area contributed by atoms with Crippen LogP contribution < -0.4 is 5.32 Å². The van der Waals surface area contributed by atoms with Gasteiger partial charge in [0.1, 0.15) is 0 Å². The lowest BCUT2D eigenvalue weighted by atomic mass is 10.1. The van der Waals surface area contributed by atoms with Crippen molar-refractivity contribution in [1.82, 2.24) is 5.32 Å². The summed E-state index contributed by atoms with van der Waals surface area (Å²) in [4.78, 5) is 0. The molecule has 2 atom stereocenters. The summed E-state index contributed by atoms with van der Waals surface area (Å²) in [5, 5.41) is 12.5. The smallest absolute Gasteiger partial charge is 0.0806 e. The molecule has 1 fully saturated rings. The van der Waals surface area contributed by atoms with Crippen molar-refractivity contribution in [3.63, 3.8) is 0 Å². The van der Waals surface area contributed by atoms with Gasteiger partial charge in [-0.15, -0.1) is 0 Å². The van der Waals surface area contributed by atoms with E-state index in [9.17, 15) is 5.11 Å². The molecule has 0 radical (unpaired) electrons. The molecule has 0 bridgehead atoms. The highest BCUT2D eigenvalue weighted by atomic mass is 16.5. The maximum atomic E-state index is 9.21. The average Bonchev–Trinajstić information content (AvgIpc) is 2.06. The van der Waals surface area contributed by atoms with Gasteiger partial charge in [-0.3, -0.25) is 0 Å². The molecule has 1 heterocycles. The molecule has 72 valence electrons. The van der Waals surface area contributed by atoms with Crippen molar-refractivity contribution < 1.29 is 9.84 Å². The van der Waals surface area contributed by atoms with Crippen LogP contribution in [0, 0.1) is 0 Å². The van der Waals surface area contributed by atoms with Crippen LogP contribution in [0.5, 0.6) is 0 Å². The Balaban J connectivity index is 2.20. The van der Waals surface area contributed by atoms with Crippen LogP contribution in [0.2, 0.25) is 0 Å². The summed E-state index contributed by atoms with van der Waals surface area (Å²) in [5.41, 5.74) is 0. The largest absolute Gasteiger partial charge is 0.391 e. The Kier molecular flexibility index (Phi) is 3.98. The van der Waals surface area contributed by atoms with E-state index >= 15 is 0 Å². The lowest BCUT2D eigenvalue weighted by molar-refractivity contribution is -0.0700. The van der Waals surface area contributed by atoms with Crippen LogP contribution in [0.4, 0.5) is 0 Å². The van der Waals surface area contributed by atoms with Gasteiger partial charge in [-0.2, -0.15) is 0 Å². The summed E-state index contributed by atoms with van der Waals surface area (Å²) >= 11 is 0. The van der Waals surface area contributed by atoms with E-state index in [0.29, 0.717) is 6.10 Å². The van der Waals surface area contributed by atoms with Crippen LogP contribution in [0.15, 0.2) is 0 Å². The Labute approximate surface area is 74.1 Å². The second-order valence-corrected chi connectivity index (χ2v) is 3.53. The third kappa shape index (κ3) is 3.09. The average molecular weight is 173 g/mol. The van der Waals surface area contributed by atoms with Crippen LogP contribution >= 0.6 is 0 Å². The van der Waals surface area contributed by atoms with Crippen LogP contribution in [0.25, 0.3) is 0 Å². The van der Waals surface area contributed by atoms with Gasteiger partial charge in [0, 0.05) is 0 Å². The Morgan fingerprint density at radius 3 is 2.42 bits per heavy atom. The van der Waals surface area contributed by atoms with E-state index in [-0.39, 0.29) is 12.2 Å². The van der Waals surface area contributed by atoms with E-state index in [4.69, 9.17) is 4.74 Å². The van der Waals surface area contributed by atoms with Gasteiger partial charge in [0.25, 0.3) is 0 Å². The van der Waals surface area contributed by atoms with Crippen LogP contribution in [0.3, 0.4) is 0 Å². The topological polar surface area (TPSA) is 41.5 Å². The molecule has 1 aliphatic heterocycles. The van der Waals surface area contributed by atoms with Gasteiger partial charge in [0.15, 0.2) is 0 Å². The third-order valence-electron chi connectivity index (χ3n) is 2.37. The Morgan fingerprint density at radius 1 is 1.33 bits per heavy atom. The Bertz CT molecular complexity index is 122. The van der Waals surface area contributed by atoms with Crippen molar-refractivity contribution >= 4 is 0 Å². The molecule has 0 aromatic carbocycles. The molecular formula is C9H19NO2. The normalized spacial score (nSPS) is 25.2. The molecule has 1 saturated heterocycles. The van der Waals surface area contributed by atoms with Gasteiger partial charge in [0.05, 0.1) is 18.3 Å². The maximum absolute atomic E-state index is 9.21. The number of piperidine rings is 1. The predicted octanol–water partition coefficient (Wildman–Crippen LogP) is 0.524. The SMILES string of the molecule is CC(O)C(C)OC1CCNCC1. The van der Waals surface area contributed by atoms with E-state index in [0.717, 1.165) is 25.9 Å². The summed E-state index contributed by atoms with van der Waals surface area (Å²) in [7, 11) is 0. The van der Waals surface area contributed by atoms with Crippen molar-refractivity contribution in [3.05, 3.63) is 0 Å². The summed E-state index contributed by atoms with van der Waals surface area (Å²) in [5.74, 6) is 0. The van der Waals surface area contributed by atoms with Crippen molar-refractivity contribution in [1.29, 1.82) is 0 Å². The second-order valence-electron chi connectivity index (χ2n) is 3.53.